The van der Waals surface area contributed by atoms with Crippen LogP contribution in [0.1, 0.15) is 41.5 Å². The third-order valence-corrected chi connectivity index (χ3v) is 4.73. The number of nitrogens with two attached hydrogens (primary N) is 1. The summed E-state index contributed by atoms with van der Waals surface area (Å²) < 4.78 is 0. The van der Waals surface area contributed by atoms with Crippen LogP contribution >= 0.6 is 23.2 Å². The minimum atomic E-state index is 0.130. The van der Waals surface area contributed by atoms with Crippen molar-refractivity contribution in [3.05, 3.63) is 69.2 Å². The molecule has 2 unspecified atom stereocenters. The lowest BCUT2D eigenvalue weighted by Crippen LogP contribution is -2.21. The number of hydrogen-bond donors (Lipinski definition) is 1. The molecule has 0 fully saturated rings. The second-order valence-electron chi connectivity index (χ2n) is 5.01. The van der Waals surface area contributed by atoms with Gasteiger partial charge in [0.15, 0.2) is 0 Å². The summed E-state index contributed by atoms with van der Waals surface area (Å²) in [7, 11) is 0. The molecule has 0 bridgehead atoms. The van der Waals surface area contributed by atoms with Crippen LogP contribution in [-0.2, 0) is 0 Å². The summed E-state index contributed by atoms with van der Waals surface area (Å²) >= 11 is 12.5. The Morgan fingerprint density at radius 3 is 2.32 bits per heavy atom. The first-order valence-corrected chi connectivity index (χ1v) is 7.22. The smallest absolute Gasteiger partial charge is 0.0630 e. The van der Waals surface area contributed by atoms with Crippen LogP contribution in [0.2, 0.25) is 10.0 Å². The van der Waals surface area contributed by atoms with Crippen LogP contribution < -0.4 is 5.73 Å². The minimum Gasteiger partial charge on any atom is -0.324 e. The van der Waals surface area contributed by atoms with Crippen LogP contribution in [0.15, 0.2) is 42.5 Å². The van der Waals surface area contributed by atoms with Crippen LogP contribution in [0.25, 0.3) is 0 Å². The number of rotatable bonds is 1. The fourth-order valence-corrected chi connectivity index (χ4v) is 3.38. The molecule has 0 radical (unpaired) electrons. The molecule has 2 aromatic carbocycles. The number of hydrogen-bond acceptors (Lipinski definition) is 1. The lowest BCUT2D eigenvalue weighted by Gasteiger charge is -2.30. The zero-order valence-corrected chi connectivity index (χ0v) is 12.0. The maximum Gasteiger partial charge on any atom is 0.0630 e. The topological polar surface area (TPSA) is 26.0 Å². The molecule has 2 aromatic rings. The fraction of sp³-hybridized carbons (Fsp3) is 0.250. The second-order valence-corrected chi connectivity index (χ2v) is 5.79. The van der Waals surface area contributed by atoms with E-state index >= 15 is 0 Å². The van der Waals surface area contributed by atoms with Gasteiger partial charge in [0, 0.05) is 12.0 Å². The number of benzene rings is 2. The molecular weight excluding hydrogens is 277 g/mol. The van der Waals surface area contributed by atoms with E-state index in [4.69, 9.17) is 28.9 Å². The predicted octanol–water partition coefficient (Wildman–Crippen LogP) is 4.92. The lowest BCUT2D eigenvalue weighted by atomic mass is 9.77. The van der Waals surface area contributed by atoms with Gasteiger partial charge >= 0.3 is 0 Å². The molecule has 0 saturated heterocycles. The molecule has 3 heteroatoms. The van der Waals surface area contributed by atoms with Crippen LogP contribution in [0.4, 0.5) is 0 Å². The molecule has 0 aromatic heterocycles. The van der Waals surface area contributed by atoms with E-state index in [2.05, 4.69) is 24.3 Å². The summed E-state index contributed by atoms with van der Waals surface area (Å²) in [5, 5.41) is 1.28. The van der Waals surface area contributed by atoms with Gasteiger partial charge in [0.2, 0.25) is 0 Å². The van der Waals surface area contributed by atoms with E-state index in [0.29, 0.717) is 16.0 Å². The van der Waals surface area contributed by atoms with E-state index in [-0.39, 0.29) is 6.04 Å². The Balaban J connectivity index is 2.12. The van der Waals surface area contributed by atoms with Crippen molar-refractivity contribution in [2.24, 2.45) is 5.73 Å². The molecule has 0 aliphatic heterocycles. The third kappa shape index (κ3) is 2.27. The average molecular weight is 292 g/mol. The highest BCUT2D eigenvalue weighted by atomic mass is 35.5. The molecule has 2 N–H and O–H groups in total. The fourth-order valence-electron chi connectivity index (χ4n) is 2.94. The first kappa shape index (κ1) is 13.0. The molecule has 2 atom stereocenters. The van der Waals surface area contributed by atoms with Crippen LogP contribution in [0.3, 0.4) is 0 Å². The molecule has 0 heterocycles. The zero-order chi connectivity index (χ0) is 13.4. The van der Waals surface area contributed by atoms with Gasteiger partial charge in [-0.2, -0.15) is 0 Å². The van der Waals surface area contributed by atoms with E-state index in [1.807, 2.05) is 18.2 Å². The Morgan fingerprint density at radius 2 is 1.53 bits per heavy atom. The van der Waals surface area contributed by atoms with Gasteiger partial charge in [0.1, 0.15) is 0 Å². The molecule has 0 amide bonds. The quantitative estimate of drug-likeness (QED) is 0.793. The van der Waals surface area contributed by atoms with Gasteiger partial charge in [-0.1, -0.05) is 59.6 Å². The van der Waals surface area contributed by atoms with Crippen molar-refractivity contribution in [2.75, 3.05) is 0 Å². The van der Waals surface area contributed by atoms with Gasteiger partial charge in [0.05, 0.1) is 10.0 Å². The van der Waals surface area contributed by atoms with Gasteiger partial charge in [0.25, 0.3) is 0 Å². The molecule has 19 heavy (non-hydrogen) atoms. The molecule has 0 saturated carbocycles. The van der Waals surface area contributed by atoms with E-state index in [1.165, 1.54) is 11.1 Å². The lowest BCUT2D eigenvalue weighted by molar-refractivity contribution is 0.530. The van der Waals surface area contributed by atoms with Crippen molar-refractivity contribution >= 4 is 23.2 Å². The monoisotopic (exact) mass is 291 g/mol. The standard InChI is InChI=1S/C16H15Cl2N/c17-14-7-3-6-13(16(14)18)11-8-9-15(19)12-5-2-1-4-10(11)12/h1-7,11,15H,8-9,19H2. The Labute approximate surface area is 123 Å². The van der Waals surface area contributed by atoms with Crippen molar-refractivity contribution < 1.29 is 0 Å². The summed E-state index contributed by atoms with van der Waals surface area (Å²) in [6.45, 7) is 0. The highest BCUT2D eigenvalue weighted by Gasteiger charge is 2.27. The molecule has 3 rings (SSSR count). The van der Waals surface area contributed by atoms with E-state index in [1.54, 1.807) is 0 Å². The molecular formula is C16H15Cl2N. The van der Waals surface area contributed by atoms with Crippen molar-refractivity contribution in [2.45, 2.75) is 24.8 Å². The third-order valence-electron chi connectivity index (χ3n) is 3.89. The van der Waals surface area contributed by atoms with Gasteiger partial charge in [-0.3, -0.25) is 0 Å². The molecule has 98 valence electrons. The van der Waals surface area contributed by atoms with Crippen LogP contribution in [-0.4, -0.2) is 0 Å². The molecule has 1 aliphatic carbocycles. The molecule has 1 nitrogen and oxygen atoms in total. The van der Waals surface area contributed by atoms with Crippen molar-refractivity contribution in [1.82, 2.24) is 0 Å². The minimum absolute atomic E-state index is 0.130. The predicted molar refractivity (Wildman–Crippen MR) is 80.9 cm³/mol. The Hall–Kier alpha value is -1.02. The van der Waals surface area contributed by atoms with Crippen molar-refractivity contribution in [3.63, 3.8) is 0 Å². The second kappa shape index (κ2) is 5.16. The molecule has 0 spiro atoms. The Kier molecular flexibility index (Phi) is 3.53. The maximum atomic E-state index is 6.37. The van der Waals surface area contributed by atoms with E-state index in [9.17, 15) is 0 Å². The summed E-state index contributed by atoms with van der Waals surface area (Å²) in [6, 6.07) is 14.3. The van der Waals surface area contributed by atoms with Crippen molar-refractivity contribution in [1.29, 1.82) is 0 Å². The number of halogens is 2. The first-order chi connectivity index (χ1) is 9.18. The van der Waals surface area contributed by atoms with Gasteiger partial charge in [-0.05, 0) is 35.6 Å². The normalized spacial score (nSPS) is 22.1. The van der Waals surface area contributed by atoms with Gasteiger partial charge < -0.3 is 5.73 Å². The summed E-state index contributed by atoms with van der Waals surface area (Å²) in [6.07, 6.45) is 1.99. The molecule has 1 aliphatic rings. The maximum absolute atomic E-state index is 6.37. The SMILES string of the molecule is NC1CCC(c2cccc(Cl)c2Cl)c2ccccc21. The van der Waals surface area contributed by atoms with E-state index in [0.717, 1.165) is 18.4 Å². The summed E-state index contributed by atoms with van der Waals surface area (Å²) in [4.78, 5) is 0. The van der Waals surface area contributed by atoms with Crippen LogP contribution in [0.5, 0.6) is 0 Å². The zero-order valence-electron chi connectivity index (χ0n) is 10.4. The van der Waals surface area contributed by atoms with Crippen molar-refractivity contribution in [3.8, 4) is 0 Å². The van der Waals surface area contributed by atoms with E-state index < -0.39 is 0 Å². The Bertz CT molecular complexity index is 609. The largest absolute Gasteiger partial charge is 0.324 e. The summed E-state index contributed by atoms with van der Waals surface area (Å²) in [5.41, 5.74) is 9.81. The average Bonchev–Trinajstić information content (AvgIpc) is 2.43. The summed E-state index contributed by atoms with van der Waals surface area (Å²) in [5.74, 6) is 0.294. The first-order valence-electron chi connectivity index (χ1n) is 6.47. The highest BCUT2D eigenvalue weighted by molar-refractivity contribution is 6.42. The number of fused-ring (bicyclic) bond motifs is 1. The Morgan fingerprint density at radius 1 is 0.842 bits per heavy atom. The van der Waals surface area contributed by atoms with Gasteiger partial charge in [-0.25, -0.2) is 0 Å². The van der Waals surface area contributed by atoms with Gasteiger partial charge in [-0.15, -0.1) is 0 Å². The van der Waals surface area contributed by atoms with Crippen LogP contribution in [0, 0.1) is 0 Å². The highest BCUT2D eigenvalue weighted by Crippen LogP contribution is 2.43.